The van der Waals surface area contributed by atoms with Gasteiger partial charge in [-0.1, -0.05) is 36.4 Å². The Morgan fingerprint density at radius 3 is 2.67 bits per heavy atom. The molecule has 6 heteroatoms. The Labute approximate surface area is 162 Å². The molecule has 0 unspecified atom stereocenters. The maximum atomic E-state index is 12.0. The largest absolute Gasteiger partial charge is 0.491 e. The van der Waals surface area contributed by atoms with Gasteiger partial charge in [-0.25, -0.2) is 4.79 Å². The minimum Gasteiger partial charge on any atom is -0.491 e. The molecule has 0 saturated carbocycles. The van der Waals surface area contributed by atoms with Gasteiger partial charge in [0, 0.05) is 10.6 Å². The molecule has 0 bridgehead atoms. The van der Waals surface area contributed by atoms with Crippen LogP contribution in [0.15, 0.2) is 72.1 Å². The van der Waals surface area contributed by atoms with Gasteiger partial charge in [0.05, 0.1) is 19.8 Å². The highest BCUT2D eigenvalue weighted by molar-refractivity contribution is 7.09. The Bertz CT molecular complexity index is 822. The second-order valence-electron chi connectivity index (χ2n) is 5.80. The monoisotopic (exact) mass is 382 g/mol. The van der Waals surface area contributed by atoms with E-state index in [4.69, 9.17) is 9.47 Å². The number of thiophene rings is 1. The first-order chi connectivity index (χ1) is 13.3. The molecule has 2 aromatic carbocycles. The van der Waals surface area contributed by atoms with Crippen LogP contribution in [0, 0.1) is 0 Å². The van der Waals surface area contributed by atoms with E-state index in [1.165, 1.54) is 0 Å². The summed E-state index contributed by atoms with van der Waals surface area (Å²) in [5, 5.41) is 7.67. The molecule has 2 amide bonds. The number of benzene rings is 2. The lowest BCUT2D eigenvalue weighted by Crippen LogP contribution is -2.27. The number of nitrogens with one attached hydrogen (secondary N) is 2. The van der Waals surface area contributed by atoms with Gasteiger partial charge in [-0.3, -0.25) is 0 Å². The second kappa shape index (κ2) is 10.4. The summed E-state index contributed by atoms with van der Waals surface area (Å²) in [5.74, 6) is 0.834. The van der Waals surface area contributed by atoms with Gasteiger partial charge >= 0.3 is 6.03 Å². The van der Waals surface area contributed by atoms with Crippen molar-refractivity contribution in [1.82, 2.24) is 5.32 Å². The first-order valence-corrected chi connectivity index (χ1v) is 9.59. The molecule has 3 rings (SSSR count). The molecular formula is C21H22N2O3S. The van der Waals surface area contributed by atoms with E-state index in [-0.39, 0.29) is 6.03 Å². The van der Waals surface area contributed by atoms with Crippen LogP contribution in [0.4, 0.5) is 10.5 Å². The van der Waals surface area contributed by atoms with Crippen LogP contribution in [0.25, 0.3) is 0 Å². The van der Waals surface area contributed by atoms with E-state index in [1.54, 1.807) is 11.3 Å². The van der Waals surface area contributed by atoms with Crippen molar-refractivity contribution in [2.24, 2.45) is 0 Å². The number of carbonyl (C=O) groups excluding carboxylic acids is 1. The van der Waals surface area contributed by atoms with E-state index in [1.807, 2.05) is 72.1 Å². The summed E-state index contributed by atoms with van der Waals surface area (Å²) in [6.45, 7) is 1.97. The molecule has 0 fully saturated rings. The number of amides is 2. The van der Waals surface area contributed by atoms with Crippen LogP contribution in [-0.4, -0.2) is 19.2 Å². The molecule has 0 aliphatic heterocycles. The third kappa shape index (κ3) is 6.77. The predicted molar refractivity (Wildman–Crippen MR) is 108 cm³/mol. The van der Waals surface area contributed by atoms with Gasteiger partial charge in [-0.05, 0) is 41.3 Å². The summed E-state index contributed by atoms with van der Waals surface area (Å²) < 4.78 is 11.2. The molecule has 0 aliphatic carbocycles. The summed E-state index contributed by atoms with van der Waals surface area (Å²) in [4.78, 5) is 13.1. The highest BCUT2D eigenvalue weighted by Crippen LogP contribution is 2.13. The number of hydrogen-bond acceptors (Lipinski definition) is 4. The molecule has 1 heterocycles. The summed E-state index contributed by atoms with van der Waals surface area (Å²) in [7, 11) is 0. The Hall–Kier alpha value is -2.83. The summed E-state index contributed by atoms with van der Waals surface area (Å²) >= 11 is 1.62. The van der Waals surface area contributed by atoms with Crippen molar-refractivity contribution in [3.63, 3.8) is 0 Å². The van der Waals surface area contributed by atoms with Gasteiger partial charge in [-0.15, -0.1) is 11.3 Å². The zero-order chi connectivity index (χ0) is 18.7. The molecule has 27 heavy (non-hydrogen) atoms. The summed E-state index contributed by atoms with van der Waals surface area (Å²) in [5.41, 5.74) is 1.73. The van der Waals surface area contributed by atoms with Crippen LogP contribution in [-0.2, 0) is 17.9 Å². The fourth-order valence-electron chi connectivity index (χ4n) is 2.42. The fraction of sp³-hybridized carbons (Fsp3) is 0.190. The van der Waals surface area contributed by atoms with Crippen molar-refractivity contribution in [2.75, 3.05) is 18.5 Å². The highest BCUT2D eigenvalue weighted by atomic mass is 32.1. The fourth-order valence-corrected chi connectivity index (χ4v) is 3.06. The van der Waals surface area contributed by atoms with Crippen molar-refractivity contribution in [3.8, 4) is 5.75 Å². The summed E-state index contributed by atoms with van der Waals surface area (Å²) in [6, 6.07) is 21.0. The minimum absolute atomic E-state index is 0.224. The van der Waals surface area contributed by atoms with Gasteiger partial charge in [0.1, 0.15) is 12.4 Å². The third-order valence-electron chi connectivity index (χ3n) is 3.70. The lowest BCUT2D eigenvalue weighted by Gasteiger charge is -2.10. The third-order valence-corrected chi connectivity index (χ3v) is 4.57. The average Bonchev–Trinajstić information content (AvgIpc) is 3.21. The van der Waals surface area contributed by atoms with E-state index in [0.29, 0.717) is 26.4 Å². The summed E-state index contributed by atoms with van der Waals surface area (Å²) in [6.07, 6.45) is 0. The van der Waals surface area contributed by atoms with E-state index < -0.39 is 0 Å². The zero-order valence-corrected chi connectivity index (χ0v) is 15.7. The molecule has 0 saturated heterocycles. The maximum absolute atomic E-state index is 12.0. The topological polar surface area (TPSA) is 59.6 Å². The van der Waals surface area contributed by atoms with Crippen molar-refractivity contribution in [3.05, 3.63) is 82.6 Å². The van der Waals surface area contributed by atoms with Crippen molar-refractivity contribution >= 4 is 23.1 Å². The molecule has 5 nitrogen and oxygen atoms in total. The predicted octanol–water partition coefficient (Wildman–Crippen LogP) is 4.67. The Balaban J connectivity index is 1.37. The van der Waals surface area contributed by atoms with E-state index in [2.05, 4.69) is 10.6 Å². The first-order valence-electron chi connectivity index (χ1n) is 8.71. The van der Waals surface area contributed by atoms with Crippen LogP contribution >= 0.6 is 11.3 Å². The number of anilines is 1. The normalized spacial score (nSPS) is 10.4. The number of hydrogen-bond donors (Lipinski definition) is 2. The van der Waals surface area contributed by atoms with Gasteiger partial charge in [0.15, 0.2) is 0 Å². The number of ether oxygens (including phenoxy) is 2. The number of urea groups is 1. The number of para-hydroxylation sites is 1. The van der Waals surface area contributed by atoms with Gasteiger partial charge in [0.2, 0.25) is 0 Å². The van der Waals surface area contributed by atoms with Crippen molar-refractivity contribution < 1.29 is 14.3 Å². The molecule has 140 valence electrons. The highest BCUT2D eigenvalue weighted by Gasteiger charge is 2.03. The van der Waals surface area contributed by atoms with Crippen LogP contribution < -0.4 is 15.4 Å². The molecule has 3 aromatic rings. The Morgan fingerprint density at radius 1 is 0.963 bits per heavy atom. The maximum Gasteiger partial charge on any atom is 0.319 e. The number of carbonyl (C=O) groups is 1. The van der Waals surface area contributed by atoms with E-state index in [0.717, 1.165) is 21.9 Å². The molecule has 0 spiro atoms. The van der Waals surface area contributed by atoms with Crippen LogP contribution in [0.3, 0.4) is 0 Å². The van der Waals surface area contributed by atoms with Crippen molar-refractivity contribution in [2.45, 2.75) is 13.2 Å². The molecule has 0 aliphatic rings. The van der Waals surface area contributed by atoms with E-state index in [9.17, 15) is 4.79 Å². The van der Waals surface area contributed by atoms with Gasteiger partial charge < -0.3 is 20.1 Å². The quantitative estimate of drug-likeness (QED) is 0.529. The smallest absolute Gasteiger partial charge is 0.319 e. The first kappa shape index (κ1) is 18.9. The average molecular weight is 382 g/mol. The Morgan fingerprint density at radius 2 is 1.85 bits per heavy atom. The van der Waals surface area contributed by atoms with Crippen LogP contribution in [0.2, 0.25) is 0 Å². The molecule has 2 N–H and O–H groups in total. The van der Waals surface area contributed by atoms with Gasteiger partial charge in [0.25, 0.3) is 0 Å². The van der Waals surface area contributed by atoms with Crippen LogP contribution in [0.5, 0.6) is 5.75 Å². The second-order valence-corrected chi connectivity index (χ2v) is 6.83. The Kier molecular flexibility index (Phi) is 7.26. The molecular weight excluding hydrogens is 360 g/mol. The van der Waals surface area contributed by atoms with E-state index >= 15 is 0 Å². The zero-order valence-electron chi connectivity index (χ0n) is 14.9. The molecule has 1 aromatic heterocycles. The minimum atomic E-state index is -0.224. The lowest BCUT2D eigenvalue weighted by molar-refractivity contribution is 0.0889. The molecule has 0 radical (unpaired) electrons. The lowest BCUT2D eigenvalue weighted by atomic mass is 10.2. The van der Waals surface area contributed by atoms with Crippen LogP contribution in [0.1, 0.15) is 10.4 Å². The number of rotatable bonds is 9. The standard InChI is InChI=1S/C21H22N2O3S/c24-21(22-15-20-10-5-13-27-20)23-18-7-4-6-17(14-18)16-25-11-12-26-19-8-2-1-3-9-19/h1-10,13-14H,11-12,15-16H2,(H2,22,23,24). The SMILES string of the molecule is O=C(NCc1cccs1)Nc1cccc(COCCOc2ccccc2)c1. The van der Waals surface area contributed by atoms with Crippen molar-refractivity contribution in [1.29, 1.82) is 0 Å². The van der Waals surface area contributed by atoms with Gasteiger partial charge in [-0.2, -0.15) is 0 Å². The molecule has 0 atom stereocenters.